The second kappa shape index (κ2) is 8.48. The lowest BCUT2D eigenvalue weighted by Gasteiger charge is -2.17. The minimum absolute atomic E-state index is 0.135. The number of ether oxygens (including phenoxy) is 2. The zero-order valence-corrected chi connectivity index (χ0v) is 16.7. The SMILES string of the molecule is COc1ccc(C(=O)N2CCC(Cc3noc(-c4ccc(F)cc4)n3)C2)c(OC)n1. The largest absolute Gasteiger partial charge is 0.481 e. The Labute approximate surface area is 172 Å². The van der Waals surface area contributed by atoms with Crippen LogP contribution in [-0.2, 0) is 6.42 Å². The van der Waals surface area contributed by atoms with E-state index in [-0.39, 0.29) is 23.5 Å². The summed E-state index contributed by atoms with van der Waals surface area (Å²) in [5.41, 5.74) is 1.06. The molecule has 3 aromatic rings. The van der Waals surface area contributed by atoms with Crippen molar-refractivity contribution in [2.24, 2.45) is 5.92 Å². The van der Waals surface area contributed by atoms with Crippen molar-refractivity contribution >= 4 is 5.91 Å². The Morgan fingerprint density at radius 1 is 1.17 bits per heavy atom. The third-order valence-corrected chi connectivity index (χ3v) is 5.07. The molecule has 0 aliphatic carbocycles. The lowest BCUT2D eigenvalue weighted by Crippen LogP contribution is -2.29. The topological polar surface area (TPSA) is 90.6 Å². The van der Waals surface area contributed by atoms with Gasteiger partial charge in [0.1, 0.15) is 11.4 Å². The van der Waals surface area contributed by atoms with Gasteiger partial charge in [-0.1, -0.05) is 5.16 Å². The number of hydrogen-bond donors (Lipinski definition) is 0. The molecule has 9 heteroatoms. The number of nitrogens with zero attached hydrogens (tertiary/aromatic N) is 4. The van der Waals surface area contributed by atoms with E-state index in [1.807, 2.05) is 0 Å². The van der Waals surface area contributed by atoms with Crippen molar-refractivity contribution < 1.29 is 23.2 Å². The van der Waals surface area contributed by atoms with Crippen LogP contribution in [0, 0.1) is 11.7 Å². The van der Waals surface area contributed by atoms with Crippen LogP contribution < -0.4 is 9.47 Å². The molecule has 8 nitrogen and oxygen atoms in total. The van der Waals surface area contributed by atoms with Gasteiger partial charge in [-0.25, -0.2) is 4.39 Å². The Hall–Kier alpha value is -3.49. The summed E-state index contributed by atoms with van der Waals surface area (Å²) in [6.45, 7) is 1.20. The molecule has 1 saturated heterocycles. The number of carbonyl (C=O) groups is 1. The van der Waals surface area contributed by atoms with E-state index in [1.54, 1.807) is 29.2 Å². The number of hydrogen-bond acceptors (Lipinski definition) is 7. The fourth-order valence-electron chi connectivity index (χ4n) is 3.51. The van der Waals surface area contributed by atoms with E-state index in [0.717, 1.165) is 6.42 Å². The molecule has 1 fully saturated rings. The van der Waals surface area contributed by atoms with Crippen LogP contribution in [0.4, 0.5) is 4.39 Å². The first-order chi connectivity index (χ1) is 14.6. The summed E-state index contributed by atoms with van der Waals surface area (Å²) in [6.07, 6.45) is 1.42. The van der Waals surface area contributed by atoms with Gasteiger partial charge in [-0.3, -0.25) is 4.79 Å². The van der Waals surface area contributed by atoms with Crippen LogP contribution in [0.1, 0.15) is 22.6 Å². The van der Waals surface area contributed by atoms with Gasteiger partial charge in [-0.05, 0) is 42.7 Å². The Balaban J connectivity index is 1.40. The summed E-state index contributed by atoms with van der Waals surface area (Å²) in [4.78, 5) is 23.3. The van der Waals surface area contributed by atoms with Crippen molar-refractivity contribution in [1.82, 2.24) is 20.0 Å². The van der Waals surface area contributed by atoms with Gasteiger partial charge in [0.25, 0.3) is 11.8 Å². The van der Waals surface area contributed by atoms with Gasteiger partial charge in [0.15, 0.2) is 5.82 Å². The van der Waals surface area contributed by atoms with Crippen LogP contribution >= 0.6 is 0 Å². The van der Waals surface area contributed by atoms with Crippen LogP contribution in [0.3, 0.4) is 0 Å². The smallest absolute Gasteiger partial charge is 0.259 e. The standard InChI is InChI=1S/C21H21FN4O4/c1-28-18-8-7-16(20(24-18)29-2)21(27)26-10-9-13(12-26)11-17-23-19(30-25-17)14-3-5-15(22)6-4-14/h3-8,13H,9-12H2,1-2H3. The highest BCUT2D eigenvalue weighted by Gasteiger charge is 2.30. The fourth-order valence-corrected chi connectivity index (χ4v) is 3.51. The molecule has 3 heterocycles. The van der Waals surface area contributed by atoms with Gasteiger partial charge in [-0.15, -0.1) is 0 Å². The average molecular weight is 412 g/mol. The Morgan fingerprint density at radius 3 is 2.70 bits per heavy atom. The molecule has 0 bridgehead atoms. The number of likely N-dealkylation sites (tertiary alicyclic amines) is 1. The molecule has 156 valence electrons. The summed E-state index contributed by atoms with van der Waals surface area (Å²) in [5.74, 6) is 1.30. The van der Waals surface area contributed by atoms with Crippen LogP contribution in [0.2, 0.25) is 0 Å². The minimum Gasteiger partial charge on any atom is -0.481 e. The van der Waals surface area contributed by atoms with Gasteiger partial charge >= 0.3 is 0 Å². The van der Waals surface area contributed by atoms with Gasteiger partial charge in [0, 0.05) is 31.1 Å². The molecule has 0 saturated carbocycles. The number of benzene rings is 1. The van der Waals surface area contributed by atoms with Crippen molar-refractivity contribution in [3.05, 3.63) is 53.6 Å². The molecule has 1 aliphatic heterocycles. The molecular formula is C21H21FN4O4. The number of methoxy groups -OCH3 is 2. The second-order valence-corrected chi connectivity index (χ2v) is 7.04. The summed E-state index contributed by atoms with van der Waals surface area (Å²) < 4.78 is 28.7. The van der Waals surface area contributed by atoms with Crippen molar-refractivity contribution in [3.8, 4) is 23.2 Å². The number of carbonyl (C=O) groups excluding carboxylic acids is 1. The zero-order chi connectivity index (χ0) is 21.1. The molecule has 0 radical (unpaired) electrons. The summed E-state index contributed by atoms with van der Waals surface area (Å²) in [7, 11) is 2.98. The lowest BCUT2D eigenvalue weighted by atomic mass is 10.0. The molecule has 1 atom stereocenters. The van der Waals surface area contributed by atoms with Gasteiger partial charge < -0.3 is 18.9 Å². The van der Waals surface area contributed by atoms with E-state index in [1.165, 1.54) is 26.4 Å². The molecule has 1 aliphatic rings. The maximum Gasteiger partial charge on any atom is 0.259 e. The van der Waals surface area contributed by atoms with E-state index in [0.29, 0.717) is 48.2 Å². The maximum absolute atomic E-state index is 13.1. The maximum atomic E-state index is 13.1. The fraction of sp³-hybridized carbons (Fsp3) is 0.333. The van der Waals surface area contributed by atoms with Crippen molar-refractivity contribution in [2.45, 2.75) is 12.8 Å². The molecule has 0 spiro atoms. The average Bonchev–Trinajstić information content (AvgIpc) is 3.43. The van der Waals surface area contributed by atoms with Crippen LogP contribution in [0.15, 0.2) is 40.9 Å². The van der Waals surface area contributed by atoms with E-state index >= 15 is 0 Å². The highest BCUT2D eigenvalue weighted by Crippen LogP contribution is 2.26. The predicted molar refractivity (Wildman–Crippen MR) is 105 cm³/mol. The zero-order valence-electron chi connectivity index (χ0n) is 16.7. The van der Waals surface area contributed by atoms with Crippen LogP contribution in [0.25, 0.3) is 11.5 Å². The third-order valence-electron chi connectivity index (χ3n) is 5.07. The Morgan fingerprint density at radius 2 is 1.97 bits per heavy atom. The monoisotopic (exact) mass is 412 g/mol. The first-order valence-corrected chi connectivity index (χ1v) is 9.54. The molecule has 1 aromatic carbocycles. The minimum atomic E-state index is -0.321. The molecule has 30 heavy (non-hydrogen) atoms. The number of halogens is 1. The van der Waals surface area contributed by atoms with Crippen molar-refractivity contribution in [2.75, 3.05) is 27.3 Å². The molecular weight excluding hydrogens is 391 g/mol. The molecule has 1 amide bonds. The first-order valence-electron chi connectivity index (χ1n) is 9.54. The van der Waals surface area contributed by atoms with E-state index in [4.69, 9.17) is 14.0 Å². The number of aromatic nitrogens is 3. The van der Waals surface area contributed by atoms with Gasteiger partial charge in [-0.2, -0.15) is 9.97 Å². The highest BCUT2D eigenvalue weighted by atomic mass is 19.1. The number of pyridine rings is 1. The normalized spacial score (nSPS) is 16.0. The predicted octanol–water partition coefficient (Wildman–Crippen LogP) is 2.99. The van der Waals surface area contributed by atoms with Crippen LogP contribution in [0.5, 0.6) is 11.8 Å². The molecule has 1 unspecified atom stereocenters. The lowest BCUT2D eigenvalue weighted by molar-refractivity contribution is 0.0782. The van der Waals surface area contributed by atoms with Gasteiger partial charge in [0.05, 0.1) is 14.2 Å². The molecule has 2 aromatic heterocycles. The van der Waals surface area contributed by atoms with E-state index in [2.05, 4.69) is 15.1 Å². The quantitative estimate of drug-likeness (QED) is 0.615. The Bertz CT molecular complexity index is 1040. The number of amides is 1. The highest BCUT2D eigenvalue weighted by molar-refractivity contribution is 5.96. The first kappa shape index (κ1) is 19.8. The number of rotatable bonds is 6. The van der Waals surface area contributed by atoms with Gasteiger partial charge in [0.2, 0.25) is 11.8 Å². The second-order valence-electron chi connectivity index (χ2n) is 7.04. The summed E-state index contributed by atoms with van der Waals surface area (Å²) in [5, 5.41) is 4.03. The summed E-state index contributed by atoms with van der Waals surface area (Å²) in [6, 6.07) is 9.19. The van der Waals surface area contributed by atoms with Crippen molar-refractivity contribution in [3.63, 3.8) is 0 Å². The molecule has 0 N–H and O–H groups in total. The van der Waals surface area contributed by atoms with Crippen LogP contribution in [-0.4, -0.2) is 53.2 Å². The molecule has 4 rings (SSSR count). The Kier molecular flexibility index (Phi) is 5.60. The third kappa shape index (κ3) is 4.10. The van der Waals surface area contributed by atoms with Crippen molar-refractivity contribution in [1.29, 1.82) is 0 Å². The summed E-state index contributed by atoms with van der Waals surface area (Å²) >= 11 is 0. The van der Waals surface area contributed by atoms with E-state index in [9.17, 15) is 9.18 Å². The van der Waals surface area contributed by atoms with E-state index < -0.39 is 0 Å².